The number of hydrogen-bond acceptors (Lipinski definition) is 5. The van der Waals surface area contributed by atoms with Crippen molar-refractivity contribution >= 4 is 22.8 Å². The largest absolute Gasteiger partial charge is 0.548 e. The third kappa shape index (κ3) is 3.30. The topological polar surface area (TPSA) is 104 Å². The van der Waals surface area contributed by atoms with Gasteiger partial charge in [-0.25, -0.2) is 4.98 Å². The van der Waals surface area contributed by atoms with Crippen LogP contribution in [0.25, 0.3) is 10.9 Å². The number of fused-ring (bicyclic) bond motifs is 1. The van der Waals surface area contributed by atoms with Crippen LogP contribution in [-0.4, -0.2) is 27.5 Å². The van der Waals surface area contributed by atoms with Gasteiger partial charge in [0.15, 0.2) is 0 Å². The first-order valence-corrected chi connectivity index (χ1v) is 6.84. The summed E-state index contributed by atoms with van der Waals surface area (Å²) in [6.45, 7) is 3.02. The number of aromatic nitrogens is 2. The number of carbonyl (C=O) groups is 2. The van der Waals surface area contributed by atoms with Gasteiger partial charge in [0, 0.05) is 0 Å². The molecule has 0 fully saturated rings. The zero-order chi connectivity index (χ0) is 16.3. The lowest BCUT2D eigenvalue weighted by Gasteiger charge is -2.23. The molecule has 7 nitrogen and oxygen atoms in total. The van der Waals surface area contributed by atoms with Crippen LogP contribution in [0.3, 0.4) is 0 Å². The first kappa shape index (κ1) is 15.7. The van der Waals surface area contributed by atoms with E-state index in [0.29, 0.717) is 10.9 Å². The van der Waals surface area contributed by atoms with E-state index in [-0.39, 0.29) is 18.0 Å². The van der Waals surface area contributed by atoms with Gasteiger partial charge in [-0.3, -0.25) is 14.2 Å². The second kappa shape index (κ2) is 6.38. The number of rotatable bonds is 5. The molecular formula is C15H16N3O4-. The van der Waals surface area contributed by atoms with E-state index in [2.05, 4.69) is 10.3 Å². The molecule has 1 heterocycles. The first-order valence-electron chi connectivity index (χ1n) is 6.84. The van der Waals surface area contributed by atoms with Crippen molar-refractivity contribution in [3.05, 3.63) is 40.9 Å². The number of nitrogens with zero attached hydrogens (tertiary/aromatic N) is 2. The Bertz CT molecular complexity index is 767. The van der Waals surface area contributed by atoms with Crippen molar-refractivity contribution in [1.82, 2.24) is 14.9 Å². The predicted molar refractivity (Wildman–Crippen MR) is 77.8 cm³/mol. The van der Waals surface area contributed by atoms with Crippen LogP contribution in [0.4, 0.5) is 0 Å². The highest BCUT2D eigenvalue weighted by atomic mass is 16.4. The van der Waals surface area contributed by atoms with Crippen molar-refractivity contribution < 1.29 is 14.7 Å². The van der Waals surface area contributed by atoms with Gasteiger partial charge >= 0.3 is 0 Å². The summed E-state index contributed by atoms with van der Waals surface area (Å²) in [5.74, 6) is -2.25. The van der Waals surface area contributed by atoms with Crippen molar-refractivity contribution in [2.24, 2.45) is 5.92 Å². The molecule has 116 valence electrons. The molecule has 0 spiro atoms. The van der Waals surface area contributed by atoms with Crippen LogP contribution in [0.5, 0.6) is 0 Å². The number of nitrogens with one attached hydrogen (secondary N) is 1. The number of carboxylic acid groups (broad SMARTS) is 1. The minimum absolute atomic E-state index is 0.298. The summed E-state index contributed by atoms with van der Waals surface area (Å²) >= 11 is 0. The number of hydrogen-bond donors (Lipinski definition) is 1. The lowest BCUT2D eigenvalue weighted by Crippen LogP contribution is -2.51. The Kier molecular flexibility index (Phi) is 4.55. The summed E-state index contributed by atoms with van der Waals surface area (Å²) in [4.78, 5) is 39.2. The number of carbonyl (C=O) groups excluding carboxylic acids is 2. The van der Waals surface area contributed by atoms with Gasteiger partial charge in [-0.1, -0.05) is 26.0 Å². The molecule has 0 saturated carbocycles. The van der Waals surface area contributed by atoms with Crippen LogP contribution >= 0.6 is 0 Å². The van der Waals surface area contributed by atoms with Crippen molar-refractivity contribution in [3.8, 4) is 0 Å². The van der Waals surface area contributed by atoms with E-state index in [4.69, 9.17) is 0 Å². The molecule has 2 rings (SSSR count). The molecule has 7 heteroatoms. The fourth-order valence-electron chi connectivity index (χ4n) is 2.09. The van der Waals surface area contributed by atoms with Crippen LogP contribution in [0.2, 0.25) is 0 Å². The molecule has 0 aliphatic heterocycles. The second-order valence-electron chi connectivity index (χ2n) is 5.30. The fourth-order valence-corrected chi connectivity index (χ4v) is 2.09. The van der Waals surface area contributed by atoms with Gasteiger partial charge in [0.25, 0.3) is 5.56 Å². The number of carboxylic acids is 1. The van der Waals surface area contributed by atoms with E-state index in [1.54, 1.807) is 38.1 Å². The first-order chi connectivity index (χ1) is 10.4. The SMILES string of the molecule is CC(C)[C@H](NC(=O)Cn1cnc2ccccc2c1=O)C(=O)[O-]. The fraction of sp³-hybridized carbons (Fsp3) is 0.333. The van der Waals surface area contributed by atoms with Crippen LogP contribution < -0.4 is 16.0 Å². The van der Waals surface area contributed by atoms with E-state index in [1.165, 1.54) is 6.33 Å². The summed E-state index contributed by atoms with van der Waals surface area (Å²) in [5.41, 5.74) is 0.189. The van der Waals surface area contributed by atoms with Gasteiger partial charge in [0.05, 0.1) is 29.2 Å². The molecule has 1 aromatic carbocycles. The molecule has 0 aliphatic rings. The Morgan fingerprint density at radius 3 is 2.64 bits per heavy atom. The highest BCUT2D eigenvalue weighted by Crippen LogP contribution is 2.05. The maximum absolute atomic E-state index is 12.2. The molecule has 0 aliphatic carbocycles. The predicted octanol–water partition coefficient (Wildman–Crippen LogP) is -0.713. The molecule has 1 atom stereocenters. The van der Waals surface area contributed by atoms with Crippen molar-refractivity contribution in [3.63, 3.8) is 0 Å². The number of aliphatic carboxylic acids is 1. The Balaban J connectivity index is 2.20. The molecule has 1 aromatic heterocycles. The van der Waals surface area contributed by atoms with E-state index >= 15 is 0 Å². The zero-order valence-electron chi connectivity index (χ0n) is 12.3. The van der Waals surface area contributed by atoms with E-state index in [0.717, 1.165) is 4.57 Å². The van der Waals surface area contributed by atoms with Gasteiger partial charge in [0.1, 0.15) is 6.54 Å². The summed E-state index contributed by atoms with van der Waals surface area (Å²) in [6, 6.07) is 5.69. The monoisotopic (exact) mass is 302 g/mol. The maximum atomic E-state index is 12.2. The number of amides is 1. The van der Waals surface area contributed by atoms with Crippen molar-refractivity contribution in [2.45, 2.75) is 26.4 Å². The van der Waals surface area contributed by atoms with Crippen LogP contribution in [0.15, 0.2) is 35.4 Å². The average molecular weight is 302 g/mol. The molecule has 0 radical (unpaired) electrons. The molecule has 2 aromatic rings. The minimum atomic E-state index is -1.35. The summed E-state index contributed by atoms with van der Waals surface area (Å²) in [7, 11) is 0. The van der Waals surface area contributed by atoms with Gasteiger partial charge < -0.3 is 15.2 Å². The highest BCUT2D eigenvalue weighted by Gasteiger charge is 2.18. The lowest BCUT2D eigenvalue weighted by molar-refractivity contribution is -0.309. The molecule has 22 heavy (non-hydrogen) atoms. The van der Waals surface area contributed by atoms with E-state index in [1.807, 2.05) is 0 Å². The van der Waals surface area contributed by atoms with Gasteiger partial charge in [-0.05, 0) is 18.1 Å². The van der Waals surface area contributed by atoms with Crippen molar-refractivity contribution in [2.75, 3.05) is 0 Å². The lowest BCUT2D eigenvalue weighted by atomic mass is 10.1. The normalized spacial score (nSPS) is 12.3. The maximum Gasteiger partial charge on any atom is 0.261 e. The van der Waals surface area contributed by atoms with Crippen LogP contribution in [0.1, 0.15) is 13.8 Å². The highest BCUT2D eigenvalue weighted by molar-refractivity contribution is 5.83. The van der Waals surface area contributed by atoms with E-state index in [9.17, 15) is 19.5 Å². The summed E-state index contributed by atoms with van der Waals surface area (Å²) in [6.07, 6.45) is 1.27. The Morgan fingerprint density at radius 2 is 2.00 bits per heavy atom. The number of para-hydroxylation sites is 1. The summed E-state index contributed by atoms with van der Waals surface area (Å²) < 4.78 is 1.14. The number of benzene rings is 1. The Morgan fingerprint density at radius 1 is 1.32 bits per heavy atom. The van der Waals surface area contributed by atoms with Gasteiger partial charge in [-0.2, -0.15) is 0 Å². The second-order valence-corrected chi connectivity index (χ2v) is 5.30. The smallest absolute Gasteiger partial charge is 0.261 e. The molecule has 0 bridgehead atoms. The van der Waals surface area contributed by atoms with Crippen molar-refractivity contribution in [1.29, 1.82) is 0 Å². The molecular weight excluding hydrogens is 286 g/mol. The Hall–Kier alpha value is -2.70. The van der Waals surface area contributed by atoms with Gasteiger partial charge in [0.2, 0.25) is 5.91 Å². The quantitative estimate of drug-likeness (QED) is 0.785. The minimum Gasteiger partial charge on any atom is -0.548 e. The van der Waals surface area contributed by atoms with Crippen LogP contribution in [0, 0.1) is 5.92 Å². The third-order valence-corrected chi connectivity index (χ3v) is 3.28. The average Bonchev–Trinajstić information content (AvgIpc) is 2.47. The molecule has 1 amide bonds. The molecule has 0 saturated heterocycles. The van der Waals surface area contributed by atoms with E-state index < -0.39 is 17.9 Å². The molecule has 0 unspecified atom stereocenters. The molecule has 1 N–H and O–H groups in total. The summed E-state index contributed by atoms with van der Waals surface area (Å²) in [5, 5.41) is 13.7. The third-order valence-electron chi connectivity index (χ3n) is 3.28. The Labute approximate surface area is 126 Å². The van der Waals surface area contributed by atoms with Crippen LogP contribution in [-0.2, 0) is 16.1 Å². The standard InChI is InChI=1S/C15H17N3O4/c1-9(2)13(15(21)22)17-12(19)7-18-8-16-11-6-4-3-5-10(11)14(18)20/h3-6,8-9,13H,7H2,1-2H3,(H,17,19)(H,21,22)/p-1/t13-/m0/s1. The zero-order valence-corrected chi connectivity index (χ0v) is 12.3. The van der Waals surface area contributed by atoms with Gasteiger partial charge in [-0.15, -0.1) is 0 Å².